The predicted molar refractivity (Wildman–Crippen MR) is 64.2 cm³/mol. The fourth-order valence-corrected chi connectivity index (χ4v) is 2.26. The summed E-state index contributed by atoms with van der Waals surface area (Å²) in [5.41, 5.74) is 0.654. The van der Waals surface area contributed by atoms with Crippen molar-refractivity contribution in [2.75, 3.05) is 6.61 Å². The lowest BCUT2D eigenvalue weighted by Crippen LogP contribution is -2.19. The molecule has 3 heteroatoms. The van der Waals surface area contributed by atoms with Gasteiger partial charge in [0.25, 0.3) is 0 Å². The molecule has 2 rings (SSSR count). The van der Waals surface area contributed by atoms with Crippen LogP contribution in [0.25, 0.3) is 0 Å². The standard InChI is InChI=1S/C14H19FO2/c15-12-5-3-4-11(10-12)14(16)8-7-13-6-1-2-9-17-13/h3-5,10,13-14,16H,1-2,6-9H2. The second kappa shape index (κ2) is 6.12. The first-order chi connectivity index (χ1) is 8.25. The summed E-state index contributed by atoms with van der Waals surface area (Å²) in [6, 6.07) is 6.17. The van der Waals surface area contributed by atoms with Gasteiger partial charge in [-0.3, -0.25) is 0 Å². The fraction of sp³-hybridized carbons (Fsp3) is 0.571. The van der Waals surface area contributed by atoms with Gasteiger partial charge in [0.05, 0.1) is 12.2 Å². The molecule has 1 saturated heterocycles. The van der Waals surface area contributed by atoms with Crippen molar-refractivity contribution < 1.29 is 14.2 Å². The third-order valence-corrected chi connectivity index (χ3v) is 3.27. The van der Waals surface area contributed by atoms with E-state index < -0.39 is 6.10 Å². The molecule has 2 nitrogen and oxygen atoms in total. The van der Waals surface area contributed by atoms with Gasteiger partial charge in [0.2, 0.25) is 0 Å². The van der Waals surface area contributed by atoms with Crippen molar-refractivity contribution >= 4 is 0 Å². The summed E-state index contributed by atoms with van der Waals surface area (Å²) in [6.07, 6.45) is 4.59. The summed E-state index contributed by atoms with van der Waals surface area (Å²) in [7, 11) is 0. The van der Waals surface area contributed by atoms with Crippen LogP contribution < -0.4 is 0 Å². The number of rotatable bonds is 4. The molecule has 1 N–H and O–H groups in total. The Morgan fingerprint density at radius 1 is 1.41 bits per heavy atom. The number of aliphatic hydroxyl groups excluding tert-OH is 1. The molecule has 2 unspecified atom stereocenters. The van der Waals surface area contributed by atoms with Crippen LogP contribution in [0.1, 0.15) is 43.8 Å². The van der Waals surface area contributed by atoms with E-state index in [0.29, 0.717) is 12.0 Å². The van der Waals surface area contributed by atoms with Crippen LogP contribution in [0.5, 0.6) is 0 Å². The maximum Gasteiger partial charge on any atom is 0.123 e. The summed E-state index contributed by atoms with van der Waals surface area (Å²) in [5.74, 6) is -0.296. The molecular weight excluding hydrogens is 219 g/mol. The highest BCUT2D eigenvalue weighted by Gasteiger charge is 2.16. The summed E-state index contributed by atoms with van der Waals surface area (Å²) in [5, 5.41) is 9.95. The molecule has 94 valence electrons. The van der Waals surface area contributed by atoms with E-state index in [2.05, 4.69) is 0 Å². The van der Waals surface area contributed by atoms with Gasteiger partial charge in [-0.15, -0.1) is 0 Å². The summed E-state index contributed by atoms with van der Waals surface area (Å²) >= 11 is 0. The van der Waals surface area contributed by atoms with E-state index in [1.807, 2.05) is 0 Å². The van der Waals surface area contributed by atoms with E-state index in [4.69, 9.17) is 4.74 Å². The van der Waals surface area contributed by atoms with Crippen LogP contribution in [-0.2, 0) is 4.74 Å². The molecular formula is C14H19FO2. The Morgan fingerprint density at radius 2 is 2.29 bits per heavy atom. The Labute approximate surface area is 101 Å². The maximum absolute atomic E-state index is 13.0. The third-order valence-electron chi connectivity index (χ3n) is 3.27. The van der Waals surface area contributed by atoms with Crippen molar-refractivity contribution in [1.82, 2.24) is 0 Å². The fourth-order valence-electron chi connectivity index (χ4n) is 2.26. The molecule has 0 saturated carbocycles. The smallest absolute Gasteiger partial charge is 0.123 e. The lowest BCUT2D eigenvalue weighted by molar-refractivity contribution is 0.00211. The second-order valence-corrected chi connectivity index (χ2v) is 4.64. The normalized spacial score (nSPS) is 22.4. The monoisotopic (exact) mass is 238 g/mol. The van der Waals surface area contributed by atoms with Gasteiger partial charge in [0.1, 0.15) is 5.82 Å². The highest BCUT2D eigenvalue weighted by atomic mass is 19.1. The summed E-state index contributed by atoms with van der Waals surface area (Å²) < 4.78 is 18.6. The number of ether oxygens (including phenoxy) is 1. The molecule has 1 fully saturated rings. The van der Waals surface area contributed by atoms with Gasteiger partial charge in [0.15, 0.2) is 0 Å². The van der Waals surface area contributed by atoms with Crippen molar-refractivity contribution in [3.8, 4) is 0 Å². The Kier molecular flexibility index (Phi) is 4.51. The van der Waals surface area contributed by atoms with Crippen LogP contribution in [0.2, 0.25) is 0 Å². The quantitative estimate of drug-likeness (QED) is 0.872. The van der Waals surface area contributed by atoms with Crippen LogP contribution in [0.3, 0.4) is 0 Å². The van der Waals surface area contributed by atoms with Crippen molar-refractivity contribution in [2.24, 2.45) is 0 Å². The van der Waals surface area contributed by atoms with E-state index in [0.717, 1.165) is 25.9 Å². The van der Waals surface area contributed by atoms with Gasteiger partial charge < -0.3 is 9.84 Å². The van der Waals surface area contributed by atoms with Crippen LogP contribution in [0.4, 0.5) is 4.39 Å². The zero-order chi connectivity index (χ0) is 12.1. The molecule has 0 radical (unpaired) electrons. The largest absolute Gasteiger partial charge is 0.388 e. The Balaban J connectivity index is 1.82. The Hall–Kier alpha value is -0.930. The second-order valence-electron chi connectivity index (χ2n) is 4.64. The lowest BCUT2D eigenvalue weighted by Gasteiger charge is -2.23. The first-order valence-electron chi connectivity index (χ1n) is 6.31. The maximum atomic E-state index is 13.0. The van der Waals surface area contributed by atoms with Crippen molar-refractivity contribution in [3.05, 3.63) is 35.6 Å². The molecule has 1 aliphatic rings. The molecule has 1 aromatic carbocycles. The first kappa shape index (κ1) is 12.5. The summed E-state index contributed by atoms with van der Waals surface area (Å²) in [6.45, 7) is 0.834. The zero-order valence-corrected chi connectivity index (χ0v) is 9.94. The molecule has 1 heterocycles. The molecule has 17 heavy (non-hydrogen) atoms. The number of aliphatic hydroxyl groups is 1. The molecule has 1 aliphatic heterocycles. The van der Waals surface area contributed by atoms with Gasteiger partial charge in [-0.25, -0.2) is 4.39 Å². The van der Waals surface area contributed by atoms with Gasteiger partial charge in [-0.2, -0.15) is 0 Å². The van der Waals surface area contributed by atoms with E-state index in [1.165, 1.54) is 18.6 Å². The Morgan fingerprint density at radius 3 is 3.00 bits per heavy atom. The van der Waals surface area contributed by atoms with Crippen molar-refractivity contribution in [1.29, 1.82) is 0 Å². The lowest BCUT2D eigenvalue weighted by atomic mass is 9.99. The number of benzene rings is 1. The predicted octanol–water partition coefficient (Wildman–Crippen LogP) is 3.21. The number of halogens is 1. The van der Waals surface area contributed by atoms with E-state index in [-0.39, 0.29) is 11.9 Å². The molecule has 1 aromatic rings. The molecule has 2 atom stereocenters. The van der Waals surface area contributed by atoms with Gasteiger partial charge in [0, 0.05) is 6.61 Å². The molecule has 0 bridgehead atoms. The van der Waals surface area contributed by atoms with E-state index >= 15 is 0 Å². The van der Waals surface area contributed by atoms with Crippen molar-refractivity contribution in [2.45, 2.75) is 44.3 Å². The van der Waals surface area contributed by atoms with E-state index in [1.54, 1.807) is 12.1 Å². The van der Waals surface area contributed by atoms with Gasteiger partial charge in [-0.1, -0.05) is 12.1 Å². The topological polar surface area (TPSA) is 29.5 Å². The minimum atomic E-state index is -0.587. The third kappa shape index (κ3) is 3.79. The van der Waals surface area contributed by atoms with Crippen LogP contribution in [0.15, 0.2) is 24.3 Å². The Bertz CT molecular complexity index is 348. The average molecular weight is 238 g/mol. The van der Waals surface area contributed by atoms with Crippen LogP contribution >= 0.6 is 0 Å². The minimum absolute atomic E-state index is 0.270. The molecule has 0 spiro atoms. The highest BCUT2D eigenvalue weighted by Crippen LogP contribution is 2.23. The average Bonchev–Trinajstić information content (AvgIpc) is 2.37. The summed E-state index contributed by atoms with van der Waals surface area (Å²) in [4.78, 5) is 0. The highest BCUT2D eigenvalue weighted by molar-refractivity contribution is 5.18. The van der Waals surface area contributed by atoms with Gasteiger partial charge in [-0.05, 0) is 49.8 Å². The minimum Gasteiger partial charge on any atom is -0.388 e. The van der Waals surface area contributed by atoms with Crippen LogP contribution in [0, 0.1) is 5.82 Å². The number of hydrogen-bond acceptors (Lipinski definition) is 2. The first-order valence-corrected chi connectivity index (χ1v) is 6.31. The van der Waals surface area contributed by atoms with Gasteiger partial charge >= 0.3 is 0 Å². The zero-order valence-electron chi connectivity index (χ0n) is 9.94. The molecule has 0 amide bonds. The van der Waals surface area contributed by atoms with Crippen LogP contribution in [-0.4, -0.2) is 17.8 Å². The van der Waals surface area contributed by atoms with Crippen molar-refractivity contribution in [3.63, 3.8) is 0 Å². The van der Waals surface area contributed by atoms with E-state index in [9.17, 15) is 9.50 Å². The number of hydrogen-bond donors (Lipinski definition) is 1. The molecule has 0 aliphatic carbocycles. The molecule has 0 aromatic heterocycles. The SMILES string of the molecule is OC(CCC1CCCCO1)c1cccc(F)c1.